The van der Waals surface area contributed by atoms with Crippen LogP contribution < -0.4 is 20.7 Å². The van der Waals surface area contributed by atoms with Crippen LogP contribution in [0.5, 0.6) is 5.75 Å². The SMILES string of the molecule is Cn1cc(Nc2ncc(C3CN(c4nc5ccc(OCC6CC(CO)C6)cc5o4)C3)nc2C(N)=O)cn1. The molecule has 4 N–H and O–H groups in total. The molecule has 1 aliphatic carbocycles. The molecule has 1 aromatic carbocycles. The van der Waals surface area contributed by atoms with Crippen molar-refractivity contribution in [1.82, 2.24) is 24.7 Å². The van der Waals surface area contributed by atoms with Crippen LogP contribution in [0.1, 0.15) is 34.9 Å². The number of rotatable bonds is 9. The van der Waals surface area contributed by atoms with Crippen LogP contribution in [0.15, 0.2) is 41.2 Å². The number of primary amides is 1. The first-order valence-corrected chi connectivity index (χ1v) is 12.3. The molecule has 12 heteroatoms. The van der Waals surface area contributed by atoms with Gasteiger partial charge in [0.25, 0.3) is 11.9 Å². The third kappa shape index (κ3) is 4.67. The molecular weight excluding hydrogens is 476 g/mol. The highest BCUT2D eigenvalue weighted by Crippen LogP contribution is 2.35. The molecule has 192 valence electrons. The number of aryl methyl sites for hydroxylation is 1. The van der Waals surface area contributed by atoms with Crippen LogP contribution in [0.4, 0.5) is 17.5 Å². The molecular formula is C25H28N8O4. The summed E-state index contributed by atoms with van der Waals surface area (Å²) in [5.74, 6) is 1.37. The Bertz CT molecular complexity index is 1440. The summed E-state index contributed by atoms with van der Waals surface area (Å²) in [6, 6.07) is 6.19. The van der Waals surface area contributed by atoms with Gasteiger partial charge in [-0.15, -0.1) is 0 Å². The Kier molecular flexibility index (Phi) is 5.87. The summed E-state index contributed by atoms with van der Waals surface area (Å²) >= 11 is 0. The summed E-state index contributed by atoms with van der Waals surface area (Å²) < 4.78 is 13.6. The Morgan fingerprint density at radius 3 is 2.81 bits per heavy atom. The minimum atomic E-state index is -0.653. The quantitative estimate of drug-likeness (QED) is 0.309. The molecule has 1 saturated carbocycles. The van der Waals surface area contributed by atoms with Crippen LogP contribution in [-0.2, 0) is 7.05 Å². The number of carbonyl (C=O) groups is 1. The fourth-order valence-electron chi connectivity index (χ4n) is 4.80. The summed E-state index contributed by atoms with van der Waals surface area (Å²) in [5.41, 5.74) is 8.46. The third-order valence-corrected chi connectivity index (χ3v) is 6.99. The van der Waals surface area contributed by atoms with Crippen molar-refractivity contribution < 1.29 is 19.1 Å². The lowest BCUT2D eigenvalue weighted by Crippen LogP contribution is -2.45. The minimum absolute atomic E-state index is 0.0668. The van der Waals surface area contributed by atoms with Crippen molar-refractivity contribution in [3.8, 4) is 5.75 Å². The molecule has 0 unspecified atom stereocenters. The van der Waals surface area contributed by atoms with Crippen LogP contribution in [0.2, 0.25) is 0 Å². The molecule has 0 bridgehead atoms. The van der Waals surface area contributed by atoms with E-state index in [2.05, 4.69) is 25.4 Å². The lowest BCUT2D eigenvalue weighted by atomic mass is 9.76. The number of fused-ring (bicyclic) bond motifs is 1. The molecule has 1 amide bonds. The van der Waals surface area contributed by atoms with E-state index in [-0.39, 0.29) is 18.2 Å². The summed E-state index contributed by atoms with van der Waals surface area (Å²) in [4.78, 5) is 27.6. The Morgan fingerprint density at radius 2 is 2.08 bits per heavy atom. The predicted molar refractivity (Wildman–Crippen MR) is 135 cm³/mol. The molecule has 37 heavy (non-hydrogen) atoms. The van der Waals surface area contributed by atoms with E-state index in [0.717, 1.165) is 24.1 Å². The number of ether oxygens (including phenoxy) is 1. The van der Waals surface area contributed by atoms with Crippen LogP contribution in [-0.4, -0.2) is 62.0 Å². The molecule has 6 rings (SSSR count). The second kappa shape index (κ2) is 9.36. The van der Waals surface area contributed by atoms with Gasteiger partial charge in [0.05, 0.1) is 30.4 Å². The van der Waals surface area contributed by atoms with Crippen molar-refractivity contribution in [1.29, 1.82) is 0 Å². The highest BCUT2D eigenvalue weighted by Gasteiger charge is 2.34. The second-order valence-corrected chi connectivity index (χ2v) is 9.81. The average Bonchev–Trinajstić information content (AvgIpc) is 3.43. The third-order valence-electron chi connectivity index (χ3n) is 6.99. The normalized spacial score (nSPS) is 19.5. The first-order valence-electron chi connectivity index (χ1n) is 12.3. The maximum absolute atomic E-state index is 12.0. The lowest BCUT2D eigenvalue weighted by Gasteiger charge is -2.37. The van der Waals surface area contributed by atoms with E-state index in [0.29, 0.717) is 60.3 Å². The van der Waals surface area contributed by atoms with Gasteiger partial charge in [-0.25, -0.2) is 9.97 Å². The maximum Gasteiger partial charge on any atom is 0.298 e. The zero-order chi connectivity index (χ0) is 25.5. The Morgan fingerprint density at radius 1 is 1.24 bits per heavy atom. The van der Waals surface area contributed by atoms with Crippen molar-refractivity contribution in [3.05, 3.63) is 48.2 Å². The van der Waals surface area contributed by atoms with Crippen LogP contribution >= 0.6 is 0 Å². The number of carbonyl (C=O) groups excluding carboxylic acids is 1. The number of anilines is 3. The topological polar surface area (TPSA) is 157 Å². The number of nitrogens with two attached hydrogens (primary N) is 1. The summed E-state index contributed by atoms with van der Waals surface area (Å²) in [7, 11) is 1.80. The van der Waals surface area contributed by atoms with E-state index in [1.54, 1.807) is 30.3 Å². The molecule has 3 aromatic heterocycles. The Hall–Kier alpha value is -4.19. The van der Waals surface area contributed by atoms with E-state index < -0.39 is 5.91 Å². The molecule has 4 aromatic rings. The number of aromatic nitrogens is 5. The van der Waals surface area contributed by atoms with Crippen LogP contribution in [0, 0.1) is 11.8 Å². The summed E-state index contributed by atoms with van der Waals surface area (Å²) in [6.07, 6.45) is 7.07. The van der Waals surface area contributed by atoms with Crippen molar-refractivity contribution in [2.24, 2.45) is 24.6 Å². The number of benzene rings is 1. The number of aliphatic hydroxyl groups excluding tert-OH is 1. The van der Waals surface area contributed by atoms with E-state index in [9.17, 15) is 4.79 Å². The van der Waals surface area contributed by atoms with Gasteiger partial charge in [-0.2, -0.15) is 10.1 Å². The summed E-state index contributed by atoms with van der Waals surface area (Å²) in [5, 5.41) is 16.3. The van der Waals surface area contributed by atoms with Gasteiger partial charge in [0.15, 0.2) is 17.1 Å². The van der Waals surface area contributed by atoms with Gasteiger partial charge < -0.3 is 30.2 Å². The number of hydrogen-bond acceptors (Lipinski definition) is 10. The van der Waals surface area contributed by atoms with Crippen molar-refractivity contribution in [3.63, 3.8) is 0 Å². The molecule has 4 heterocycles. The van der Waals surface area contributed by atoms with Gasteiger partial charge in [0, 0.05) is 44.9 Å². The Balaban J connectivity index is 1.09. The zero-order valence-corrected chi connectivity index (χ0v) is 20.4. The molecule has 1 aliphatic heterocycles. The van der Waals surface area contributed by atoms with E-state index >= 15 is 0 Å². The van der Waals surface area contributed by atoms with Gasteiger partial charge in [0.2, 0.25) is 0 Å². The monoisotopic (exact) mass is 504 g/mol. The van der Waals surface area contributed by atoms with Crippen molar-refractivity contribution in [2.75, 3.05) is 36.5 Å². The number of amides is 1. The van der Waals surface area contributed by atoms with Crippen molar-refractivity contribution >= 4 is 34.5 Å². The van der Waals surface area contributed by atoms with Gasteiger partial charge >= 0.3 is 0 Å². The highest BCUT2D eigenvalue weighted by atomic mass is 16.5. The molecule has 1 saturated heterocycles. The van der Waals surface area contributed by atoms with E-state index in [1.165, 1.54) is 0 Å². The second-order valence-electron chi connectivity index (χ2n) is 9.81. The number of aliphatic hydroxyl groups is 1. The number of nitrogens with zero attached hydrogens (tertiary/aromatic N) is 6. The molecule has 12 nitrogen and oxygen atoms in total. The molecule has 2 aliphatic rings. The molecule has 2 fully saturated rings. The maximum atomic E-state index is 12.0. The molecule has 0 radical (unpaired) electrons. The zero-order valence-electron chi connectivity index (χ0n) is 20.4. The number of nitrogens with one attached hydrogen (secondary N) is 1. The lowest BCUT2D eigenvalue weighted by molar-refractivity contribution is 0.0730. The van der Waals surface area contributed by atoms with Gasteiger partial charge in [-0.3, -0.25) is 9.48 Å². The first kappa shape index (κ1) is 23.2. The first-order chi connectivity index (χ1) is 17.9. The fourth-order valence-corrected chi connectivity index (χ4v) is 4.80. The van der Waals surface area contributed by atoms with Crippen LogP contribution in [0.3, 0.4) is 0 Å². The highest BCUT2D eigenvalue weighted by molar-refractivity contribution is 5.96. The largest absolute Gasteiger partial charge is 0.493 e. The number of hydrogen-bond donors (Lipinski definition) is 3. The smallest absolute Gasteiger partial charge is 0.298 e. The van der Waals surface area contributed by atoms with Gasteiger partial charge in [-0.1, -0.05) is 0 Å². The molecule has 0 atom stereocenters. The fraction of sp³-hybridized carbons (Fsp3) is 0.400. The number of oxazole rings is 1. The standard InChI is InChI=1S/C25H28N8O4/c1-32-11-17(7-28-32)29-24-22(23(26)35)30-20(8-27-24)16-9-33(10-16)25-31-19-3-2-18(6-21(19)37-25)36-13-15-4-14(5-15)12-34/h2-3,6-8,11,14-16,34H,4-5,9-10,12-13H2,1H3,(H2,26,35)(H,27,29). The van der Waals surface area contributed by atoms with Crippen molar-refractivity contribution in [2.45, 2.75) is 18.8 Å². The van der Waals surface area contributed by atoms with Crippen LogP contribution in [0.25, 0.3) is 11.1 Å². The van der Waals surface area contributed by atoms with E-state index in [1.807, 2.05) is 23.1 Å². The summed E-state index contributed by atoms with van der Waals surface area (Å²) in [6.45, 7) is 2.16. The average molecular weight is 505 g/mol. The van der Waals surface area contributed by atoms with Gasteiger partial charge in [-0.05, 0) is 36.8 Å². The molecule has 0 spiro atoms. The van der Waals surface area contributed by atoms with Gasteiger partial charge in [0.1, 0.15) is 11.3 Å². The predicted octanol–water partition coefficient (Wildman–Crippen LogP) is 2.19. The Labute approximate surface area is 212 Å². The minimum Gasteiger partial charge on any atom is -0.493 e. The van der Waals surface area contributed by atoms with E-state index in [4.69, 9.17) is 20.0 Å².